The van der Waals surface area contributed by atoms with Crippen LogP contribution in [0.2, 0.25) is 0 Å². The van der Waals surface area contributed by atoms with Gasteiger partial charge < -0.3 is 9.26 Å². The molecule has 0 unspecified atom stereocenters. The average molecular weight is 500 g/mol. The van der Waals surface area contributed by atoms with Crippen LogP contribution < -0.4 is 11.0 Å². The van der Waals surface area contributed by atoms with Crippen molar-refractivity contribution in [3.05, 3.63) is 81.7 Å². The molecule has 1 fully saturated rings. The third-order valence-electron chi connectivity index (χ3n) is 5.62. The second-order valence-electron chi connectivity index (χ2n) is 8.13. The van der Waals surface area contributed by atoms with Crippen molar-refractivity contribution < 1.29 is 13.7 Å². The van der Waals surface area contributed by atoms with Crippen LogP contribution in [0.5, 0.6) is 0 Å². The third kappa shape index (κ3) is 5.58. The summed E-state index contributed by atoms with van der Waals surface area (Å²) in [5, 5.41) is 17.4. The summed E-state index contributed by atoms with van der Waals surface area (Å²) in [5.74, 6) is 0.0680. The van der Waals surface area contributed by atoms with Crippen LogP contribution in [-0.2, 0) is 11.3 Å². The van der Waals surface area contributed by atoms with Gasteiger partial charge in [0, 0.05) is 18.7 Å². The molecule has 2 aromatic carbocycles. The number of nitriles is 1. The van der Waals surface area contributed by atoms with Gasteiger partial charge in [0.2, 0.25) is 17.7 Å². The standard InChI is InChI=1S/C25H21FN8O3/c26-20-7-6-16(12-18(20)23-29-21(37-33-23)15-34-8-10-36-11-9-34)14-28-32-25-30-22(17-4-2-1-3-5-17)19(13-27)24(35)31-25/h1-7,12,14H,8-11,15H2,(H2,30,31,32,35). The van der Waals surface area contributed by atoms with Crippen LogP contribution >= 0.6 is 0 Å². The molecule has 0 atom stereocenters. The number of benzene rings is 2. The normalized spacial score (nSPS) is 14.1. The van der Waals surface area contributed by atoms with Crippen LogP contribution in [0.4, 0.5) is 10.3 Å². The van der Waals surface area contributed by atoms with E-state index in [1.165, 1.54) is 24.4 Å². The van der Waals surface area contributed by atoms with Crippen molar-refractivity contribution in [1.82, 2.24) is 25.0 Å². The number of halogens is 1. The summed E-state index contributed by atoms with van der Waals surface area (Å²) in [6.45, 7) is 3.27. The fourth-order valence-electron chi connectivity index (χ4n) is 3.78. The summed E-state index contributed by atoms with van der Waals surface area (Å²) in [6.07, 6.45) is 1.43. The number of ether oxygens (including phenoxy) is 1. The van der Waals surface area contributed by atoms with Crippen molar-refractivity contribution in [3.63, 3.8) is 0 Å². The van der Waals surface area contributed by atoms with Gasteiger partial charge in [-0.2, -0.15) is 15.3 Å². The summed E-state index contributed by atoms with van der Waals surface area (Å²) in [7, 11) is 0. The molecule has 0 amide bonds. The highest BCUT2D eigenvalue weighted by Gasteiger charge is 2.18. The summed E-state index contributed by atoms with van der Waals surface area (Å²) >= 11 is 0. The van der Waals surface area contributed by atoms with E-state index < -0.39 is 11.4 Å². The highest BCUT2D eigenvalue weighted by molar-refractivity contribution is 5.82. The average Bonchev–Trinajstić information content (AvgIpc) is 3.38. The molecule has 0 bridgehead atoms. The van der Waals surface area contributed by atoms with E-state index in [0.717, 1.165) is 13.1 Å². The lowest BCUT2D eigenvalue weighted by molar-refractivity contribution is 0.0297. The number of hydrazone groups is 1. The summed E-state index contributed by atoms with van der Waals surface area (Å²) in [5.41, 5.74) is 3.52. The number of anilines is 1. The molecule has 12 heteroatoms. The van der Waals surface area contributed by atoms with Gasteiger partial charge in [-0.3, -0.25) is 14.7 Å². The number of rotatable bonds is 7. The highest BCUT2D eigenvalue weighted by Crippen LogP contribution is 2.22. The van der Waals surface area contributed by atoms with Crippen LogP contribution in [0.1, 0.15) is 17.0 Å². The number of aromatic amines is 1. The van der Waals surface area contributed by atoms with Gasteiger partial charge in [-0.25, -0.2) is 14.8 Å². The van der Waals surface area contributed by atoms with Crippen LogP contribution in [-0.4, -0.2) is 57.5 Å². The number of hydrogen-bond donors (Lipinski definition) is 2. The molecule has 2 aromatic heterocycles. The van der Waals surface area contributed by atoms with Gasteiger partial charge in [0.15, 0.2) is 0 Å². The lowest BCUT2D eigenvalue weighted by Crippen LogP contribution is -2.35. The molecule has 3 heterocycles. The van der Waals surface area contributed by atoms with Crippen molar-refractivity contribution in [3.8, 4) is 28.7 Å². The minimum atomic E-state index is -0.594. The van der Waals surface area contributed by atoms with Crippen LogP contribution in [0, 0.1) is 17.1 Å². The second-order valence-corrected chi connectivity index (χ2v) is 8.13. The smallest absolute Gasteiger partial charge is 0.270 e. The Labute approximate surface area is 210 Å². The zero-order valence-corrected chi connectivity index (χ0v) is 19.5. The minimum Gasteiger partial charge on any atom is -0.379 e. The number of nitrogens with one attached hydrogen (secondary N) is 2. The zero-order chi connectivity index (χ0) is 25.6. The zero-order valence-electron chi connectivity index (χ0n) is 19.5. The first-order valence-electron chi connectivity index (χ1n) is 11.4. The van der Waals surface area contributed by atoms with E-state index >= 15 is 0 Å². The lowest BCUT2D eigenvalue weighted by atomic mass is 10.1. The first-order chi connectivity index (χ1) is 18.1. The Kier molecular flexibility index (Phi) is 7.07. The summed E-state index contributed by atoms with van der Waals surface area (Å²) in [6, 6.07) is 15.1. The number of H-pyrrole nitrogens is 1. The molecule has 4 aromatic rings. The Balaban J connectivity index is 1.33. The number of aromatic nitrogens is 4. The monoisotopic (exact) mass is 500 g/mol. The molecule has 0 saturated carbocycles. The number of morpholine rings is 1. The Morgan fingerprint density at radius 3 is 2.78 bits per heavy atom. The SMILES string of the molecule is N#Cc1c(-c2ccccc2)nc(NN=Cc2ccc(F)c(-c3noc(CN4CCOCC4)n3)c2)[nH]c1=O. The van der Waals surface area contributed by atoms with E-state index in [2.05, 4.69) is 35.5 Å². The molecule has 11 nitrogen and oxygen atoms in total. The fourth-order valence-corrected chi connectivity index (χ4v) is 3.78. The summed E-state index contributed by atoms with van der Waals surface area (Å²) in [4.78, 5) is 25.7. The van der Waals surface area contributed by atoms with Crippen molar-refractivity contribution in [2.45, 2.75) is 6.54 Å². The molecule has 1 saturated heterocycles. The number of hydrogen-bond acceptors (Lipinski definition) is 10. The predicted molar refractivity (Wildman–Crippen MR) is 132 cm³/mol. The Morgan fingerprint density at radius 2 is 2.00 bits per heavy atom. The minimum absolute atomic E-state index is 0.0485. The van der Waals surface area contributed by atoms with Crippen LogP contribution in [0.15, 0.2) is 62.9 Å². The maximum atomic E-state index is 14.5. The van der Waals surface area contributed by atoms with E-state index in [0.29, 0.717) is 36.8 Å². The first kappa shape index (κ1) is 24.0. The maximum absolute atomic E-state index is 14.5. The summed E-state index contributed by atoms with van der Waals surface area (Å²) < 4.78 is 25.2. The van der Waals surface area contributed by atoms with E-state index in [9.17, 15) is 14.4 Å². The Bertz CT molecular complexity index is 1520. The molecular weight excluding hydrogens is 479 g/mol. The maximum Gasteiger partial charge on any atom is 0.270 e. The fraction of sp³-hybridized carbons (Fsp3) is 0.200. The van der Waals surface area contributed by atoms with Crippen molar-refractivity contribution in [1.29, 1.82) is 5.26 Å². The predicted octanol–water partition coefficient (Wildman–Crippen LogP) is 2.78. The molecule has 1 aliphatic rings. The molecule has 0 spiro atoms. The molecule has 2 N–H and O–H groups in total. The van der Waals surface area contributed by atoms with Gasteiger partial charge in [-0.1, -0.05) is 41.6 Å². The van der Waals surface area contributed by atoms with E-state index in [1.54, 1.807) is 24.3 Å². The van der Waals surface area contributed by atoms with Crippen LogP contribution in [0.25, 0.3) is 22.6 Å². The number of nitrogens with zero attached hydrogens (tertiary/aromatic N) is 6. The van der Waals surface area contributed by atoms with Crippen LogP contribution in [0.3, 0.4) is 0 Å². The quantitative estimate of drug-likeness (QED) is 0.289. The highest BCUT2D eigenvalue weighted by atomic mass is 19.1. The lowest BCUT2D eigenvalue weighted by Gasteiger charge is -2.24. The molecule has 1 aliphatic heterocycles. The van der Waals surface area contributed by atoms with Gasteiger partial charge in [0.1, 0.15) is 17.4 Å². The van der Waals surface area contributed by atoms with E-state index in [-0.39, 0.29) is 28.6 Å². The van der Waals surface area contributed by atoms with E-state index in [4.69, 9.17) is 9.26 Å². The van der Waals surface area contributed by atoms with Gasteiger partial charge >= 0.3 is 0 Å². The molecule has 0 aliphatic carbocycles. The van der Waals surface area contributed by atoms with Gasteiger partial charge in [-0.15, -0.1) is 0 Å². The molecule has 37 heavy (non-hydrogen) atoms. The second kappa shape index (κ2) is 10.9. The van der Waals surface area contributed by atoms with Crippen molar-refractivity contribution >= 4 is 12.2 Å². The third-order valence-corrected chi connectivity index (χ3v) is 5.62. The van der Waals surface area contributed by atoms with Crippen molar-refractivity contribution in [2.24, 2.45) is 5.10 Å². The van der Waals surface area contributed by atoms with Gasteiger partial charge in [0.05, 0.1) is 37.2 Å². The molecule has 0 radical (unpaired) electrons. The van der Waals surface area contributed by atoms with Gasteiger partial charge in [-0.05, 0) is 17.7 Å². The molecule has 186 valence electrons. The Morgan fingerprint density at radius 1 is 1.19 bits per heavy atom. The largest absolute Gasteiger partial charge is 0.379 e. The molecule has 5 rings (SSSR count). The molecular formula is C25H21FN8O3. The first-order valence-corrected chi connectivity index (χ1v) is 11.4. The Hall–Kier alpha value is -4.73. The van der Waals surface area contributed by atoms with E-state index in [1.807, 2.05) is 12.1 Å². The van der Waals surface area contributed by atoms with Crippen molar-refractivity contribution in [2.75, 3.05) is 31.7 Å². The van der Waals surface area contributed by atoms with Gasteiger partial charge in [0.25, 0.3) is 5.56 Å². The topological polar surface area (TPSA) is 145 Å².